The molecular weight excluding hydrogens is 455 g/mol. The number of hydrogen-bond acceptors (Lipinski definition) is 4. The molecule has 2 aliphatic heterocycles. The fourth-order valence-electron chi connectivity index (χ4n) is 3.87. The SMILES string of the molecule is O=C(Nc1cccc(CN2C(=O)CNC2=O)c1)C1CCCN1C(=O)c1cc(Cl)ccc1Cl. The maximum atomic E-state index is 13.0. The van der Waals surface area contributed by atoms with Gasteiger partial charge in [0.15, 0.2) is 0 Å². The minimum atomic E-state index is -0.646. The number of amides is 5. The van der Waals surface area contributed by atoms with Crippen LogP contribution in [0.25, 0.3) is 0 Å². The molecule has 5 amide bonds. The summed E-state index contributed by atoms with van der Waals surface area (Å²) in [4.78, 5) is 52.2. The van der Waals surface area contributed by atoms with Gasteiger partial charge in [0.05, 0.1) is 23.7 Å². The van der Waals surface area contributed by atoms with Gasteiger partial charge in [0.25, 0.3) is 5.91 Å². The molecule has 0 aromatic heterocycles. The Balaban J connectivity index is 1.46. The Morgan fingerprint density at radius 3 is 2.69 bits per heavy atom. The van der Waals surface area contributed by atoms with E-state index in [2.05, 4.69) is 10.6 Å². The molecule has 0 bridgehead atoms. The van der Waals surface area contributed by atoms with E-state index in [9.17, 15) is 19.2 Å². The number of anilines is 1. The molecule has 32 heavy (non-hydrogen) atoms. The third-order valence-corrected chi connectivity index (χ3v) is 6.01. The third kappa shape index (κ3) is 4.56. The Morgan fingerprint density at radius 2 is 1.94 bits per heavy atom. The van der Waals surface area contributed by atoms with Crippen molar-refractivity contribution >= 4 is 52.6 Å². The second-order valence-corrected chi connectivity index (χ2v) is 8.45. The van der Waals surface area contributed by atoms with Crippen molar-refractivity contribution in [2.24, 2.45) is 0 Å². The molecule has 1 unspecified atom stereocenters. The van der Waals surface area contributed by atoms with Crippen molar-refractivity contribution in [3.05, 3.63) is 63.6 Å². The lowest BCUT2D eigenvalue weighted by Crippen LogP contribution is -2.43. The van der Waals surface area contributed by atoms with Gasteiger partial charge in [-0.2, -0.15) is 0 Å². The number of rotatable bonds is 5. The van der Waals surface area contributed by atoms with Crippen LogP contribution in [0.4, 0.5) is 10.5 Å². The number of carbonyl (C=O) groups is 4. The van der Waals surface area contributed by atoms with Crippen LogP contribution >= 0.6 is 23.2 Å². The first-order valence-electron chi connectivity index (χ1n) is 10.1. The molecule has 2 heterocycles. The van der Waals surface area contributed by atoms with Gasteiger partial charge in [0.2, 0.25) is 11.8 Å². The van der Waals surface area contributed by atoms with Gasteiger partial charge in [-0.05, 0) is 48.7 Å². The lowest BCUT2D eigenvalue weighted by atomic mass is 10.1. The highest BCUT2D eigenvalue weighted by Crippen LogP contribution is 2.27. The van der Waals surface area contributed by atoms with Gasteiger partial charge >= 0.3 is 6.03 Å². The number of halogens is 2. The average Bonchev–Trinajstić information content (AvgIpc) is 3.38. The van der Waals surface area contributed by atoms with Crippen molar-refractivity contribution in [2.75, 3.05) is 18.4 Å². The summed E-state index contributed by atoms with van der Waals surface area (Å²) in [6, 6.07) is 10.5. The van der Waals surface area contributed by atoms with Gasteiger partial charge in [-0.3, -0.25) is 19.3 Å². The number of hydrogen-bond donors (Lipinski definition) is 2. The number of likely N-dealkylation sites (tertiary alicyclic amines) is 1. The fraction of sp³-hybridized carbons (Fsp3) is 0.273. The van der Waals surface area contributed by atoms with E-state index in [0.717, 1.165) is 4.90 Å². The van der Waals surface area contributed by atoms with Crippen LogP contribution in [0.2, 0.25) is 10.0 Å². The summed E-state index contributed by atoms with van der Waals surface area (Å²) in [5.41, 5.74) is 1.47. The molecule has 2 aliphatic rings. The third-order valence-electron chi connectivity index (χ3n) is 5.45. The monoisotopic (exact) mass is 474 g/mol. The van der Waals surface area contributed by atoms with E-state index in [-0.39, 0.29) is 41.4 Å². The minimum Gasteiger partial charge on any atom is -0.329 e. The van der Waals surface area contributed by atoms with Gasteiger partial charge in [0.1, 0.15) is 6.04 Å². The Morgan fingerprint density at radius 1 is 1.12 bits per heavy atom. The van der Waals surface area contributed by atoms with E-state index < -0.39 is 12.1 Å². The predicted molar refractivity (Wildman–Crippen MR) is 120 cm³/mol. The van der Waals surface area contributed by atoms with Crippen molar-refractivity contribution in [3.8, 4) is 0 Å². The Hall–Kier alpha value is -3.10. The first kappa shape index (κ1) is 22.1. The minimum absolute atomic E-state index is 0.0164. The molecule has 2 aromatic carbocycles. The van der Waals surface area contributed by atoms with Crippen LogP contribution < -0.4 is 10.6 Å². The summed E-state index contributed by atoms with van der Waals surface area (Å²) in [6.07, 6.45) is 1.21. The van der Waals surface area contributed by atoms with Crippen LogP contribution in [0.3, 0.4) is 0 Å². The molecule has 2 aromatic rings. The highest BCUT2D eigenvalue weighted by molar-refractivity contribution is 6.35. The second-order valence-electron chi connectivity index (χ2n) is 7.61. The zero-order valence-electron chi connectivity index (χ0n) is 16.9. The second kappa shape index (κ2) is 9.18. The summed E-state index contributed by atoms with van der Waals surface area (Å²) in [5, 5.41) is 5.98. The number of urea groups is 1. The molecule has 2 fully saturated rings. The smallest absolute Gasteiger partial charge is 0.324 e. The van der Waals surface area contributed by atoms with Crippen LogP contribution in [0.15, 0.2) is 42.5 Å². The van der Waals surface area contributed by atoms with Crippen LogP contribution in [0.5, 0.6) is 0 Å². The first-order chi connectivity index (χ1) is 15.3. The molecule has 0 saturated carbocycles. The topological polar surface area (TPSA) is 98.8 Å². The van der Waals surface area contributed by atoms with Gasteiger partial charge in [0, 0.05) is 17.3 Å². The van der Waals surface area contributed by atoms with Crippen molar-refractivity contribution in [2.45, 2.75) is 25.4 Å². The standard InChI is InChI=1S/C22H20Cl2N4O4/c23-14-6-7-17(24)16(10-14)21(31)27-8-2-5-18(27)20(30)26-15-4-1-3-13(9-15)12-28-19(29)11-25-22(28)32/h1,3-4,6-7,9-10,18H,2,5,8,11-12H2,(H,25,32)(H,26,30). The molecule has 166 valence electrons. The van der Waals surface area contributed by atoms with Crippen molar-refractivity contribution < 1.29 is 19.2 Å². The summed E-state index contributed by atoms with van der Waals surface area (Å²) in [5.74, 6) is -0.965. The molecule has 0 radical (unpaired) electrons. The Kier molecular flexibility index (Phi) is 6.34. The van der Waals surface area contributed by atoms with E-state index >= 15 is 0 Å². The highest BCUT2D eigenvalue weighted by Gasteiger charge is 2.35. The highest BCUT2D eigenvalue weighted by atomic mass is 35.5. The molecule has 0 aliphatic carbocycles. The summed E-state index contributed by atoms with van der Waals surface area (Å²) in [7, 11) is 0. The molecule has 2 saturated heterocycles. The molecule has 0 spiro atoms. The number of carbonyl (C=O) groups excluding carboxylic acids is 4. The first-order valence-corrected chi connectivity index (χ1v) is 10.8. The van der Waals surface area contributed by atoms with Crippen LogP contribution in [0.1, 0.15) is 28.8 Å². The largest absolute Gasteiger partial charge is 0.329 e. The van der Waals surface area contributed by atoms with Crippen LogP contribution in [-0.4, -0.2) is 52.7 Å². The van der Waals surface area contributed by atoms with E-state index in [1.165, 1.54) is 11.0 Å². The van der Waals surface area contributed by atoms with Gasteiger partial charge in [-0.15, -0.1) is 0 Å². The van der Waals surface area contributed by atoms with Crippen molar-refractivity contribution in [1.29, 1.82) is 0 Å². The zero-order valence-corrected chi connectivity index (χ0v) is 18.4. The number of imide groups is 1. The van der Waals surface area contributed by atoms with Crippen LogP contribution in [0, 0.1) is 0 Å². The molecule has 10 heteroatoms. The Bertz CT molecular complexity index is 1090. The molecule has 4 rings (SSSR count). The molecule has 8 nitrogen and oxygen atoms in total. The van der Waals surface area contributed by atoms with E-state index in [4.69, 9.17) is 23.2 Å². The predicted octanol–water partition coefficient (Wildman–Crippen LogP) is 3.29. The number of benzene rings is 2. The quantitative estimate of drug-likeness (QED) is 0.649. The van der Waals surface area contributed by atoms with Crippen LogP contribution in [-0.2, 0) is 16.1 Å². The van der Waals surface area contributed by atoms with Crippen molar-refractivity contribution in [1.82, 2.24) is 15.1 Å². The molecule has 1 atom stereocenters. The van der Waals surface area contributed by atoms with E-state index in [1.54, 1.807) is 36.4 Å². The number of nitrogens with zero attached hydrogens (tertiary/aromatic N) is 2. The summed E-state index contributed by atoms with van der Waals surface area (Å²) < 4.78 is 0. The lowest BCUT2D eigenvalue weighted by Gasteiger charge is -2.24. The average molecular weight is 475 g/mol. The molecule has 2 N–H and O–H groups in total. The van der Waals surface area contributed by atoms with Gasteiger partial charge < -0.3 is 15.5 Å². The van der Waals surface area contributed by atoms with Crippen molar-refractivity contribution in [3.63, 3.8) is 0 Å². The summed E-state index contributed by atoms with van der Waals surface area (Å²) >= 11 is 12.2. The van der Waals surface area contributed by atoms with Gasteiger partial charge in [-0.1, -0.05) is 35.3 Å². The maximum Gasteiger partial charge on any atom is 0.324 e. The van der Waals surface area contributed by atoms with Gasteiger partial charge in [-0.25, -0.2) is 4.79 Å². The maximum absolute atomic E-state index is 13.0. The summed E-state index contributed by atoms with van der Waals surface area (Å²) in [6.45, 7) is 0.527. The fourth-order valence-corrected chi connectivity index (χ4v) is 4.24. The van der Waals surface area contributed by atoms with E-state index in [0.29, 0.717) is 35.7 Å². The zero-order chi connectivity index (χ0) is 22.8. The Labute approximate surface area is 194 Å². The normalized spacial score (nSPS) is 18.1. The molecular formula is C22H20Cl2N4O4. The lowest BCUT2D eigenvalue weighted by molar-refractivity contribution is -0.125. The number of nitrogens with one attached hydrogen (secondary N) is 2. The van der Waals surface area contributed by atoms with E-state index in [1.807, 2.05) is 0 Å².